The van der Waals surface area contributed by atoms with Gasteiger partial charge in [-0.05, 0) is 88.3 Å². The minimum absolute atomic E-state index is 0.292. The van der Waals surface area contributed by atoms with Gasteiger partial charge in [0.1, 0.15) is 12.0 Å². The van der Waals surface area contributed by atoms with Gasteiger partial charge in [0.25, 0.3) is 11.8 Å². The van der Waals surface area contributed by atoms with Crippen LogP contribution >= 0.6 is 11.6 Å². The lowest BCUT2D eigenvalue weighted by molar-refractivity contribution is -0.112. The normalized spacial score (nSPS) is 16.6. The molecule has 0 spiro atoms. The number of amides is 2. The van der Waals surface area contributed by atoms with Gasteiger partial charge < -0.3 is 30.2 Å². The highest BCUT2D eigenvalue weighted by Crippen LogP contribution is 2.38. The van der Waals surface area contributed by atoms with E-state index >= 15 is 0 Å². The van der Waals surface area contributed by atoms with Gasteiger partial charge in [-0.2, -0.15) is 0 Å². The van der Waals surface area contributed by atoms with Crippen LogP contribution in [-0.4, -0.2) is 99.3 Å². The average Bonchev–Trinajstić information content (AvgIpc) is 3.56. The van der Waals surface area contributed by atoms with Crippen molar-refractivity contribution in [1.82, 2.24) is 19.4 Å². The SMILES string of the molecule is CC(C)C.CCN1CCc2c(nc(C(=O)Nc3cccc(-c4cccc(NC(=O)C(C)=NC5=C(C)CCN(CC(C)O)C5)c4C)c3Cl)n2C)C1.CO.O=CC1CCCCC1. The van der Waals surface area contributed by atoms with E-state index < -0.39 is 6.10 Å². The number of hydrogen-bond donors (Lipinski definition) is 4. The minimum Gasteiger partial charge on any atom is -0.400 e. The van der Waals surface area contributed by atoms with Crippen molar-refractivity contribution in [3.63, 3.8) is 0 Å². The number of rotatable bonds is 10. The number of aliphatic hydroxyl groups is 2. The zero-order valence-electron chi connectivity index (χ0n) is 37.7. The van der Waals surface area contributed by atoms with Crippen LogP contribution in [0.2, 0.25) is 5.02 Å². The molecular weight excluding hydrogens is 778 g/mol. The Morgan fingerprint density at radius 1 is 0.933 bits per heavy atom. The third kappa shape index (κ3) is 14.5. The summed E-state index contributed by atoms with van der Waals surface area (Å²) in [5.41, 5.74) is 7.95. The Hall–Kier alpha value is -4.20. The Morgan fingerprint density at radius 2 is 1.55 bits per heavy atom. The molecule has 12 nitrogen and oxygen atoms in total. The van der Waals surface area contributed by atoms with Gasteiger partial charge >= 0.3 is 0 Å². The van der Waals surface area contributed by atoms with Crippen LogP contribution in [0.3, 0.4) is 0 Å². The standard InChI is InChI=1S/C35H44ClN7O3.C7H12O.C4H10.CH4O/c1-7-42-17-15-31-30(20-42)38-33(41(31)6)35(46)40-28-13-9-11-26(32(28)36)25-10-8-12-27(23(25)4)39-34(45)24(5)37-29-19-43(18-22(3)44)16-14-21(29)2;8-6-7-4-2-1-3-5-7;1-4(2)3;1-2/h8-13,22,44H,7,14-20H2,1-6H3,(H,39,45)(H,40,46);6-7H,1-5H2;4H,1-3H3;2H,1H3. The highest BCUT2D eigenvalue weighted by atomic mass is 35.5. The van der Waals surface area contributed by atoms with E-state index in [1.165, 1.54) is 19.3 Å². The van der Waals surface area contributed by atoms with Crippen LogP contribution in [0.25, 0.3) is 11.1 Å². The van der Waals surface area contributed by atoms with E-state index in [0.717, 1.165) is 111 Å². The lowest BCUT2D eigenvalue weighted by Gasteiger charge is -2.29. The second kappa shape index (κ2) is 24.9. The number of aliphatic hydroxyl groups excluding tert-OH is 2. The number of aldehydes is 1. The molecule has 2 aliphatic heterocycles. The molecule has 0 radical (unpaired) electrons. The first-order valence-electron chi connectivity index (χ1n) is 21.5. The van der Waals surface area contributed by atoms with E-state index in [0.29, 0.717) is 46.9 Å². The van der Waals surface area contributed by atoms with E-state index in [2.05, 4.69) is 58.1 Å². The summed E-state index contributed by atoms with van der Waals surface area (Å²) in [6.07, 6.45) is 8.55. The van der Waals surface area contributed by atoms with Crippen molar-refractivity contribution < 1.29 is 24.6 Å². The molecule has 6 rings (SSSR count). The van der Waals surface area contributed by atoms with Crippen LogP contribution in [0.4, 0.5) is 11.4 Å². The molecule has 1 atom stereocenters. The lowest BCUT2D eigenvalue weighted by Crippen LogP contribution is -2.36. The zero-order chi connectivity index (χ0) is 44.5. The molecule has 4 N–H and O–H groups in total. The van der Waals surface area contributed by atoms with Gasteiger partial charge in [-0.1, -0.05) is 82.8 Å². The summed E-state index contributed by atoms with van der Waals surface area (Å²) in [6, 6.07) is 11.2. The molecule has 0 bridgehead atoms. The van der Waals surface area contributed by atoms with E-state index in [4.69, 9.17) is 16.7 Å². The van der Waals surface area contributed by atoms with Gasteiger partial charge in [0.05, 0.1) is 28.2 Å². The molecular formula is C47H70ClN7O5. The van der Waals surface area contributed by atoms with Gasteiger partial charge in [-0.25, -0.2) is 4.98 Å². The number of benzene rings is 2. The van der Waals surface area contributed by atoms with Gasteiger partial charge in [0, 0.05) is 76.2 Å². The third-order valence-electron chi connectivity index (χ3n) is 10.8. The summed E-state index contributed by atoms with van der Waals surface area (Å²) < 4.78 is 1.88. The van der Waals surface area contributed by atoms with Crippen molar-refractivity contribution >= 4 is 46.8 Å². The number of carbonyl (C=O) groups is 3. The number of β-amino-alcohol motifs (C(OH)–C–C–N with tert-alkyl or cyclic N) is 1. The van der Waals surface area contributed by atoms with E-state index in [1.807, 2.05) is 55.8 Å². The number of carbonyl (C=O) groups excluding carboxylic acids is 3. The molecule has 330 valence electrons. The molecule has 1 saturated carbocycles. The van der Waals surface area contributed by atoms with Crippen LogP contribution in [0.5, 0.6) is 0 Å². The zero-order valence-corrected chi connectivity index (χ0v) is 38.5. The summed E-state index contributed by atoms with van der Waals surface area (Å²) in [7, 11) is 2.88. The van der Waals surface area contributed by atoms with Crippen molar-refractivity contribution in [3.05, 3.63) is 75.5 Å². The molecule has 0 saturated heterocycles. The lowest BCUT2D eigenvalue weighted by atomic mass is 9.91. The Morgan fingerprint density at radius 3 is 2.15 bits per heavy atom. The first kappa shape index (κ1) is 50.2. The number of imidazole rings is 1. The second-order valence-electron chi connectivity index (χ2n) is 16.6. The topological polar surface area (TPSA) is 152 Å². The summed E-state index contributed by atoms with van der Waals surface area (Å²) >= 11 is 6.92. The van der Waals surface area contributed by atoms with Crippen LogP contribution in [0, 0.1) is 18.8 Å². The van der Waals surface area contributed by atoms with Gasteiger partial charge in [-0.15, -0.1) is 0 Å². The van der Waals surface area contributed by atoms with E-state index in [-0.39, 0.29) is 11.8 Å². The largest absolute Gasteiger partial charge is 0.400 e. The molecule has 13 heteroatoms. The number of halogens is 1. The molecule has 1 unspecified atom stereocenters. The molecule has 1 aromatic heterocycles. The molecule has 3 aliphatic rings. The predicted octanol–water partition coefficient (Wildman–Crippen LogP) is 8.48. The fourth-order valence-corrected chi connectivity index (χ4v) is 7.70. The molecule has 2 aromatic carbocycles. The first-order valence-corrected chi connectivity index (χ1v) is 21.8. The Bertz CT molecular complexity index is 1940. The fourth-order valence-electron chi connectivity index (χ4n) is 7.43. The third-order valence-corrected chi connectivity index (χ3v) is 11.2. The maximum absolute atomic E-state index is 13.4. The van der Waals surface area contributed by atoms with Gasteiger partial charge in [0.15, 0.2) is 5.82 Å². The summed E-state index contributed by atoms with van der Waals surface area (Å²) in [4.78, 5) is 50.6. The summed E-state index contributed by atoms with van der Waals surface area (Å²) in [5.74, 6) is 0.991. The van der Waals surface area contributed by atoms with Gasteiger partial charge in [0.2, 0.25) is 0 Å². The number of aliphatic imine (C=N–C) groups is 1. The molecule has 60 heavy (non-hydrogen) atoms. The predicted molar refractivity (Wildman–Crippen MR) is 246 cm³/mol. The molecule has 1 aliphatic carbocycles. The van der Waals surface area contributed by atoms with Crippen molar-refractivity contribution in [1.29, 1.82) is 0 Å². The van der Waals surface area contributed by atoms with Crippen molar-refractivity contribution in [2.24, 2.45) is 23.9 Å². The number of likely N-dealkylation sites (N-methyl/N-ethyl adjacent to an activating group) is 1. The minimum atomic E-state index is -0.424. The van der Waals surface area contributed by atoms with Crippen LogP contribution in [-0.2, 0) is 29.6 Å². The number of nitrogens with one attached hydrogen (secondary N) is 2. The van der Waals surface area contributed by atoms with Crippen LogP contribution < -0.4 is 10.6 Å². The van der Waals surface area contributed by atoms with E-state index in [1.54, 1.807) is 19.9 Å². The number of nitrogens with zero attached hydrogens (tertiary/aromatic N) is 5. The Balaban J connectivity index is 0.000000588. The number of fused-ring (bicyclic) bond motifs is 1. The molecule has 3 aromatic rings. The van der Waals surface area contributed by atoms with Crippen LogP contribution in [0.15, 0.2) is 52.7 Å². The maximum atomic E-state index is 13.4. The smallest absolute Gasteiger partial charge is 0.291 e. The van der Waals surface area contributed by atoms with Crippen molar-refractivity contribution in [3.8, 4) is 11.1 Å². The summed E-state index contributed by atoms with van der Waals surface area (Å²) in [6.45, 7) is 20.7. The maximum Gasteiger partial charge on any atom is 0.291 e. The molecule has 1 fully saturated rings. The van der Waals surface area contributed by atoms with Crippen molar-refractivity contribution in [2.75, 3.05) is 50.5 Å². The quantitative estimate of drug-likeness (QED) is 0.117. The molecule has 3 heterocycles. The highest BCUT2D eigenvalue weighted by Gasteiger charge is 2.26. The highest BCUT2D eigenvalue weighted by molar-refractivity contribution is 6.42. The van der Waals surface area contributed by atoms with E-state index in [9.17, 15) is 19.5 Å². The number of aromatic nitrogens is 2. The fraction of sp³-hybridized carbons (Fsp3) is 0.553. The average molecular weight is 849 g/mol. The van der Waals surface area contributed by atoms with Crippen molar-refractivity contribution in [2.45, 2.75) is 113 Å². The Kier molecular flexibility index (Phi) is 20.8. The molecule has 2 amide bonds. The monoisotopic (exact) mass is 848 g/mol. The van der Waals surface area contributed by atoms with Crippen LogP contribution in [0.1, 0.15) is 115 Å². The second-order valence-corrected chi connectivity index (χ2v) is 17.0. The summed E-state index contributed by atoms with van der Waals surface area (Å²) in [5, 5.41) is 23.2. The Labute approximate surface area is 363 Å². The number of hydrogen-bond acceptors (Lipinski definition) is 9. The number of anilines is 2. The first-order chi connectivity index (χ1) is 28.6. The van der Waals surface area contributed by atoms with Gasteiger partial charge in [-0.3, -0.25) is 24.4 Å².